The Bertz CT molecular complexity index is 476. The summed E-state index contributed by atoms with van der Waals surface area (Å²) in [6.45, 7) is 3.04. The fraction of sp³-hybridized carbons (Fsp3) is 0.500. The highest BCUT2D eigenvalue weighted by Crippen LogP contribution is 2.10. The van der Waals surface area contributed by atoms with Crippen LogP contribution in [0.4, 0.5) is 0 Å². The summed E-state index contributed by atoms with van der Waals surface area (Å²) >= 11 is 0. The monoisotopic (exact) mass is 290 g/mol. The number of benzene rings is 1. The van der Waals surface area contributed by atoms with Crippen molar-refractivity contribution in [2.75, 3.05) is 39.9 Å². The van der Waals surface area contributed by atoms with Crippen LogP contribution in [0.5, 0.6) is 0 Å². The second-order valence-corrected chi connectivity index (χ2v) is 5.14. The van der Waals surface area contributed by atoms with Crippen molar-refractivity contribution in [3.8, 4) is 0 Å². The van der Waals surface area contributed by atoms with E-state index in [4.69, 9.17) is 4.74 Å². The number of methoxy groups -OCH3 is 1. The van der Waals surface area contributed by atoms with E-state index >= 15 is 0 Å². The number of ether oxygens (including phenoxy) is 1. The second-order valence-electron chi connectivity index (χ2n) is 5.14. The summed E-state index contributed by atoms with van der Waals surface area (Å²) in [4.78, 5) is 28.1. The average Bonchev–Trinajstić information content (AvgIpc) is 2.79. The summed E-state index contributed by atoms with van der Waals surface area (Å²) in [5.41, 5.74) is 0.705. The van der Waals surface area contributed by atoms with Gasteiger partial charge in [-0.1, -0.05) is 18.2 Å². The summed E-state index contributed by atoms with van der Waals surface area (Å²) in [6.07, 6.45) is 1.22. The largest absolute Gasteiger partial charge is 0.384 e. The van der Waals surface area contributed by atoms with Crippen molar-refractivity contribution < 1.29 is 14.3 Å². The van der Waals surface area contributed by atoms with Crippen LogP contribution in [0.25, 0.3) is 0 Å². The Balaban J connectivity index is 1.91. The predicted octanol–water partition coefficient (Wildman–Crippen LogP) is 1.40. The molecule has 5 heteroatoms. The minimum absolute atomic E-state index is 0.0433. The number of carbonyl (C=O) groups excluding carboxylic acids is 2. The summed E-state index contributed by atoms with van der Waals surface area (Å²) in [7, 11) is 1.59. The molecule has 2 rings (SSSR count). The molecular formula is C16H22N2O3. The molecule has 0 saturated carbocycles. The molecule has 2 amide bonds. The van der Waals surface area contributed by atoms with Crippen molar-refractivity contribution in [1.29, 1.82) is 0 Å². The molecule has 1 fully saturated rings. The molecule has 0 unspecified atom stereocenters. The molecule has 1 aromatic carbocycles. The lowest BCUT2D eigenvalue weighted by molar-refractivity contribution is -0.132. The van der Waals surface area contributed by atoms with Crippen LogP contribution in [0.15, 0.2) is 30.3 Å². The van der Waals surface area contributed by atoms with Gasteiger partial charge >= 0.3 is 0 Å². The maximum Gasteiger partial charge on any atom is 0.253 e. The smallest absolute Gasteiger partial charge is 0.253 e. The first-order chi connectivity index (χ1) is 10.2. The maximum absolute atomic E-state index is 12.4. The molecule has 1 aromatic rings. The van der Waals surface area contributed by atoms with Gasteiger partial charge in [0, 0.05) is 38.9 Å². The molecule has 1 heterocycles. The molecule has 21 heavy (non-hydrogen) atoms. The molecule has 114 valence electrons. The van der Waals surface area contributed by atoms with Crippen molar-refractivity contribution in [2.45, 2.75) is 12.8 Å². The Morgan fingerprint density at radius 2 is 1.71 bits per heavy atom. The Kier molecular flexibility index (Phi) is 5.75. The van der Waals surface area contributed by atoms with Crippen LogP contribution in [0, 0.1) is 0 Å². The Hall–Kier alpha value is -1.88. The summed E-state index contributed by atoms with van der Waals surface area (Å²) in [6, 6.07) is 9.29. The van der Waals surface area contributed by atoms with Gasteiger partial charge in [0.1, 0.15) is 0 Å². The van der Waals surface area contributed by atoms with Crippen LogP contribution in [-0.2, 0) is 9.53 Å². The van der Waals surface area contributed by atoms with E-state index in [9.17, 15) is 9.59 Å². The van der Waals surface area contributed by atoms with Crippen molar-refractivity contribution in [3.05, 3.63) is 35.9 Å². The molecule has 0 radical (unpaired) electrons. The quantitative estimate of drug-likeness (QED) is 0.842. The lowest BCUT2D eigenvalue weighted by atomic mass is 10.2. The van der Waals surface area contributed by atoms with Gasteiger partial charge in [-0.3, -0.25) is 9.59 Å². The topological polar surface area (TPSA) is 49.9 Å². The van der Waals surface area contributed by atoms with Crippen LogP contribution < -0.4 is 0 Å². The first kappa shape index (κ1) is 15.5. The molecule has 1 aliphatic heterocycles. The van der Waals surface area contributed by atoms with Gasteiger partial charge in [-0.2, -0.15) is 0 Å². The zero-order chi connectivity index (χ0) is 15.1. The van der Waals surface area contributed by atoms with Crippen molar-refractivity contribution in [1.82, 2.24) is 9.80 Å². The Morgan fingerprint density at radius 3 is 2.43 bits per heavy atom. The number of hydrogen-bond acceptors (Lipinski definition) is 3. The van der Waals surface area contributed by atoms with Gasteiger partial charge in [0.15, 0.2) is 0 Å². The summed E-state index contributed by atoms with van der Waals surface area (Å²) < 4.78 is 4.94. The van der Waals surface area contributed by atoms with Crippen LogP contribution >= 0.6 is 0 Å². The zero-order valence-electron chi connectivity index (χ0n) is 12.5. The minimum Gasteiger partial charge on any atom is -0.384 e. The summed E-state index contributed by atoms with van der Waals surface area (Å²) in [5, 5.41) is 0. The highest BCUT2D eigenvalue weighted by Gasteiger charge is 2.22. The molecule has 0 aliphatic carbocycles. The van der Waals surface area contributed by atoms with Gasteiger partial charge in [-0.05, 0) is 18.6 Å². The molecule has 0 atom stereocenters. The van der Waals surface area contributed by atoms with E-state index in [1.807, 2.05) is 40.1 Å². The number of carbonyl (C=O) groups is 2. The molecule has 1 saturated heterocycles. The summed E-state index contributed by atoms with van der Waals surface area (Å²) in [5.74, 6) is 0.146. The van der Waals surface area contributed by atoms with Gasteiger partial charge in [-0.25, -0.2) is 0 Å². The first-order valence-corrected chi connectivity index (χ1v) is 7.33. The van der Waals surface area contributed by atoms with Crippen LogP contribution in [0.1, 0.15) is 23.2 Å². The van der Waals surface area contributed by atoms with E-state index in [0.717, 1.165) is 6.42 Å². The van der Waals surface area contributed by atoms with E-state index in [1.54, 1.807) is 7.11 Å². The minimum atomic E-state index is 0.0433. The van der Waals surface area contributed by atoms with E-state index in [1.165, 1.54) is 0 Å². The van der Waals surface area contributed by atoms with Crippen LogP contribution in [0.2, 0.25) is 0 Å². The SMILES string of the molecule is COCCC(=O)N1CCCN(C(=O)c2ccccc2)CC1. The van der Waals surface area contributed by atoms with E-state index in [-0.39, 0.29) is 11.8 Å². The lowest BCUT2D eigenvalue weighted by Gasteiger charge is -2.22. The fourth-order valence-electron chi connectivity index (χ4n) is 2.48. The van der Waals surface area contributed by atoms with Gasteiger partial charge in [0.2, 0.25) is 5.91 Å². The van der Waals surface area contributed by atoms with Crippen molar-refractivity contribution in [2.24, 2.45) is 0 Å². The highest BCUT2D eigenvalue weighted by molar-refractivity contribution is 5.94. The predicted molar refractivity (Wildman–Crippen MR) is 80.0 cm³/mol. The molecule has 0 aromatic heterocycles. The van der Waals surface area contributed by atoms with Crippen LogP contribution in [-0.4, -0.2) is 61.5 Å². The maximum atomic E-state index is 12.4. The number of hydrogen-bond donors (Lipinski definition) is 0. The lowest BCUT2D eigenvalue weighted by Crippen LogP contribution is -2.37. The molecule has 1 aliphatic rings. The Labute approximate surface area is 125 Å². The van der Waals surface area contributed by atoms with Crippen molar-refractivity contribution >= 4 is 11.8 Å². The van der Waals surface area contributed by atoms with E-state index in [0.29, 0.717) is 44.8 Å². The molecule has 5 nitrogen and oxygen atoms in total. The van der Waals surface area contributed by atoms with Crippen LogP contribution in [0.3, 0.4) is 0 Å². The third-order valence-electron chi connectivity index (χ3n) is 3.68. The van der Waals surface area contributed by atoms with Gasteiger partial charge in [0.25, 0.3) is 5.91 Å². The van der Waals surface area contributed by atoms with Gasteiger partial charge < -0.3 is 14.5 Å². The molecular weight excluding hydrogens is 268 g/mol. The van der Waals surface area contributed by atoms with Gasteiger partial charge in [0.05, 0.1) is 13.0 Å². The average molecular weight is 290 g/mol. The van der Waals surface area contributed by atoms with Crippen molar-refractivity contribution in [3.63, 3.8) is 0 Å². The third kappa shape index (κ3) is 4.29. The molecule has 0 bridgehead atoms. The molecule has 0 N–H and O–H groups in total. The number of nitrogens with zero attached hydrogens (tertiary/aromatic N) is 2. The standard InChI is InChI=1S/C16H22N2O3/c1-21-13-8-15(19)17-9-5-10-18(12-11-17)16(20)14-6-3-2-4-7-14/h2-4,6-7H,5,8-13H2,1H3. The molecule has 0 spiro atoms. The Morgan fingerprint density at radius 1 is 1.05 bits per heavy atom. The fourth-order valence-corrected chi connectivity index (χ4v) is 2.48. The normalized spacial score (nSPS) is 15.7. The van der Waals surface area contributed by atoms with E-state index < -0.39 is 0 Å². The number of rotatable bonds is 4. The third-order valence-corrected chi connectivity index (χ3v) is 3.68. The second kappa shape index (κ2) is 7.78. The van der Waals surface area contributed by atoms with Gasteiger partial charge in [-0.15, -0.1) is 0 Å². The van der Waals surface area contributed by atoms with E-state index in [2.05, 4.69) is 0 Å². The number of amides is 2. The zero-order valence-corrected chi connectivity index (χ0v) is 12.5. The highest BCUT2D eigenvalue weighted by atomic mass is 16.5. The first-order valence-electron chi connectivity index (χ1n) is 7.33.